The summed E-state index contributed by atoms with van der Waals surface area (Å²) in [5, 5.41) is 21.8. The molecular weight excluding hydrogens is 342 g/mol. The molecule has 8 heteroatoms. The van der Waals surface area contributed by atoms with Crippen LogP contribution in [0.15, 0.2) is 53.8 Å². The van der Waals surface area contributed by atoms with E-state index in [9.17, 15) is 5.11 Å². The van der Waals surface area contributed by atoms with Crippen LogP contribution in [-0.4, -0.2) is 33.6 Å². The second-order valence-corrected chi connectivity index (χ2v) is 5.35. The van der Waals surface area contributed by atoms with Crippen molar-refractivity contribution in [2.24, 2.45) is 5.10 Å². The highest BCUT2D eigenvalue weighted by atomic mass is 35.5. The Kier molecular flexibility index (Phi) is 5.06. The number of hydrazone groups is 1. The zero-order chi connectivity index (χ0) is 17.6. The van der Waals surface area contributed by atoms with Crippen molar-refractivity contribution in [3.05, 3.63) is 59.2 Å². The number of nitrogens with one attached hydrogen (secondary N) is 1. The van der Waals surface area contributed by atoms with Crippen LogP contribution in [0.5, 0.6) is 11.5 Å². The topological polar surface area (TPSA) is 92.5 Å². The van der Waals surface area contributed by atoms with E-state index < -0.39 is 0 Å². The molecule has 126 valence electrons. The molecule has 0 atom stereocenters. The molecule has 0 aliphatic carbocycles. The Bertz CT molecular complexity index is 917. The Morgan fingerprint density at radius 3 is 2.92 bits per heavy atom. The van der Waals surface area contributed by atoms with Crippen LogP contribution in [0.2, 0.25) is 5.02 Å². The molecule has 25 heavy (non-hydrogen) atoms. The Morgan fingerprint density at radius 2 is 2.08 bits per heavy atom. The van der Waals surface area contributed by atoms with E-state index in [0.29, 0.717) is 22.0 Å². The molecule has 3 aromatic rings. The highest BCUT2D eigenvalue weighted by Gasteiger charge is 2.08. The molecule has 7 nitrogen and oxygen atoms in total. The maximum absolute atomic E-state index is 9.48. The molecule has 0 aliphatic rings. The van der Waals surface area contributed by atoms with Crippen molar-refractivity contribution in [1.82, 2.24) is 15.2 Å². The molecule has 0 bridgehead atoms. The number of nitrogens with zero attached hydrogens (tertiary/aromatic N) is 4. The molecule has 0 unspecified atom stereocenters. The smallest absolute Gasteiger partial charge is 0.263 e. The summed E-state index contributed by atoms with van der Waals surface area (Å²) in [6.07, 6.45) is 3.00. The minimum Gasteiger partial charge on any atom is -0.508 e. The van der Waals surface area contributed by atoms with Crippen LogP contribution < -0.4 is 10.2 Å². The lowest BCUT2D eigenvalue weighted by molar-refractivity contribution is 0.416. The number of methoxy groups -OCH3 is 1. The normalized spacial score (nSPS) is 10.8. The lowest BCUT2D eigenvalue weighted by Gasteiger charge is -2.07. The molecule has 0 saturated heterocycles. The van der Waals surface area contributed by atoms with E-state index in [4.69, 9.17) is 16.3 Å². The fourth-order valence-electron chi connectivity index (χ4n) is 2.13. The van der Waals surface area contributed by atoms with Gasteiger partial charge in [-0.25, -0.2) is 10.4 Å². The number of hydrogen-bond donors (Lipinski definition) is 2. The van der Waals surface area contributed by atoms with Gasteiger partial charge in [-0.15, -0.1) is 5.10 Å². The van der Waals surface area contributed by atoms with E-state index in [2.05, 4.69) is 25.7 Å². The lowest BCUT2D eigenvalue weighted by atomic mass is 10.1. The molecule has 2 N–H and O–H groups in total. The predicted molar refractivity (Wildman–Crippen MR) is 96.1 cm³/mol. The number of rotatable bonds is 5. The molecule has 1 aromatic heterocycles. The molecule has 0 amide bonds. The fraction of sp³-hybridized carbons (Fsp3) is 0.0588. The monoisotopic (exact) mass is 355 g/mol. The van der Waals surface area contributed by atoms with Gasteiger partial charge >= 0.3 is 0 Å². The van der Waals surface area contributed by atoms with Crippen LogP contribution in [0, 0.1) is 0 Å². The van der Waals surface area contributed by atoms with Crippen molar-refractivity contribution < 1.29 is 9.84 Å². The van der Waals surface area contributed by atoms with Crippen molar-refractivity contribution in [2.75, 3.05) is 12.5 Å². The van der Waals surface area contributed by atoms with Crippen molar-refractivity contribution in [1.29, 1.82) is 0 Å². The zero-order valence-electron chi connectivity index (χ0n) is 13.2. The van der Waals surface area contributed by atoms with Gasteiger partial charge in [-0.1, -0.05) is 23.7 Å². The van der Waals surface area contributed by atoms with Crippen LogP contribution in [0.4, 0.5) is 5.95 Å². The number of ether oxygens (including phenoxy) is 1. The highest BCUT2D eigenvalue weighted by molar-refractivity contribution is 6.33. The molecular formula is C17H14ClN5O2. The van der Waals surface area contributed by atoms with Gasteiger partial charge in [0.25, 0.3) is 5.95 Å². The Hall–Kier alpha value is -3.19. The molecule has 0 aliphatic heterocycles. The van der Waals surface area contributed by atoms with E-state index in [-0.39, 0.29) is 11.7 Å². The molecule has 1 heterocycles. The van der Waals surface area contributed by atoms with E-state index >= 15 is 0 Å². The first kappa shape index (κ1) is 16.7. The molecule has 0 spiro atoms. The van der Waals surface area contributed by atoms with E-state index in [1.807, 2.05) is 24.3 Å². The number of aromatic nitrogens is 3. The van der Waals surface area contributed by atoms with Gasteiger partial charge in [0.15, 0.2) is 0 Å². The van der Waals surface area contributed by atoms with Crippen LogP contribution in [0.3, 0.4) is 0 Å². The minimum absolute atomic E-state index is 0.0990. The number of hydrogen-bond acceptors (Lipinski definition) is 7. The predicted octanol–water partition coefficient (Wildman–Crippen LogP) is 3.35. The molecule has 3 rings (SSSR count). The zero-order valence-corrected chi connectivity index (χ0v) is 14.0. The summed E-state index contributed by atoms with van der Waals surface area (Å²) in [5.74, 6) is 1.00. The highest BCUT2D eigenvalue weighted by Crippen LogP contribution is 2.27. The fourth-order valence-corrected chi connectivity index (χ4v) is 2.29. The molecule has 0 fully saturated rings. The second-order valence-electron chi connectivity index (χ2n) is 4.94. The van der Waals surface area contributed by atoms with Crippen molar-refractivity contribution in [2.45, 2.75) is 0 Å². The number of halogens is 1. The van der Waals surface area contributed by atoms with Gasteiger partial charge in [0.1, 0.15) is 11.5 Å². The van der Waals surface area contributed by atoms with Gasteiger partial charge in [0.2, 0.25) is 0 Å². The lowest BCUT2D eigenvalue weighted by Crippen LogP contribution is -2.00. The first-order valence-corrected chi connectivity index (χ1v) is 7.66. The Balaban J connectivity index is 1.80. The molecule has 0 radical (unpaired) electrons. The quantitative estimate of drug-likeness (QED) is 0.538. The number of phenolic OH excluding ortho intramolecular Hbond substituents is 1. The molecule has 0 saturated carbocycles. The SMILES string of the molecule is COc1ccccc1-c1cnnc(NN=Cc2cc(O)ccc2Cl)n1. The number of phenols is 1. The third kappa shape index (κ3) is 4.02. The number of anilines is 1. The summed E-state index contributed by atoms with van der Waals surface area (Å²) in [5.41, 5.74) is 4.64. The largest absolute Gasteiger partial charge is 0.508 e. The van der Waals surface area contributed by atoms with Crippen LogP contribution >= 0.6 is 11.6 Å². The Labute approximate surface area is 149 Å². The summed E-state index contributed by atoms with van der Waals surface area (Å²) >= 11 is 6.03. The van der Waals surface area contributed by atoms with Crippen LogP contribution in [0.1, 0.15) is 5.56 Å². The summed E-state index contributed by atoms with van der Waals surface area (Å²) in [4.78, 5) is 4.36. The van der Waals surface area contributed by atoms with Gasteiger partial charge in [0.05, 0.1) is 25.2 Å². The number of para-hydroxylation sites is 1. The van der Waals surface area contributed by atoms with Gasteiger partial charge in [-0.3, -0.25) is 0 Å². The van der Waals surface area contributed by atoms with Crippen LogP contribution in [-0.2, 0) is 0 Å². The van der Waals surface area contributed by atoms with Crippen LogP contribution in [0.25, 0.3) is 11.3 Å². The maximum Gasteiger partial charge on any atom is 0.263 e. The van der Waals surface area contributed by atoms with E-state index in [1.165, 1.54) is 18.3 Å². The molecule has 2 aromatic carbocycles. The minimum atomic E-state index is 0.0990. The van der Waals surface area contributed by atoms with Gasteiger partial charge < -0.3 is 9.84 Å². The summed E-state index contributed by atoms with van der Waals surface area (Å²) in [6.45, 7) is 0. The average Bonchev–Trinajstić information content (AvgIpc) is 2.65. The maximum atomic E-state index is 9.48. The van der Waals surface area contributed by atoms with Crippen molar-refractivity contribution in [3.63, 3.8) is 0 Å². The number of aromatic hydroxyl groups is 1. The van der Waals surface area contributed by atoms with Gasteiger partial charge in [-0.2, -0.15) is 10.2 Å². The average molecular weight is 356 g/mol. The summed E-state index contributed by atoms with van der Waals surface area (Å²) < 4.78 is 5.33. The van der Waals surface area contributed by atoms with E-state index in [1.54, 1.807) is 19.4 Å². The second kappa shape index (κ2) is 7.59. The van der Waals surface area contributed by atoms with Gasteiger partial charge in [-0.05, 0) is 30.3 Å². The van der Waals surface area contributed by atoms with Crippen molar-refractivity contribution in [3.8, 4) is 22.8 Å². The third-order valence-corrected chi connectivity index (χ3v) is 3.63. The van der Waals surface area contributed by atoms with Gasteiger partial charge in [0, 0.05) is 16.1 Å². The summed E-state index contributed by atoms with van der Waals surface area (Å²) in [6, 6.07) is 12.1. The first-order valence-electron chi connectivity index (χ1n) is 7.28. The number of benzene rings is 2. The van der Waals surface area contributed by atoms with E-state index in [0.717, 1.165) is 5.56 Å². The summed E-state index contributed by atoms with van der Waals surface area (Å²) in [7, 11) is 1.59. The van der Waals surface area contributed by atoms with Crippen molar-refractivity contribution >= 4 is 23.8 Å². The third-order valence-electron chi connectivity index (χ3n) is 3.29. The first-order chi connectivity index (χ1) is 12.2. The Morgan fingerprint density at radius 1 is 1.24 bits per heavy atom. The standard InChI is InChI=1S/C17H14ClN5O2/c1-25-16-5-3-2-4-13(16)15-10-20-23-17(21-15)22-19-9-11-8-12(24)6-7-14(11)18/h2-10,24H,1H3,(H,21,22,23).